The fraction of sp³-hybridized carbons (Fsp3) is 0.450. The number of morpholine rings is 1. The van der Waals surface area contributed by atoms with Gasteiger partial charge >= 0.3 is 12.1 Å². The highest BCUT2D eigenvalue weighted by Gasteiger charge is 2.38. The average Bonchev–Trinajstić information content (AvgIpc) is 3.24. The lowest BCUT2D eigenvalue weighted by Gasteiger charge is -2.37. The van der Waals surface area contributed by atoms with Gasteiger partial charge in [0.1, 0.15) is 11.9 Å². The van der Waals surface area contributed by atoms with E-state index in [0.717, 1.165) is 11.3 Å². The first kappa shape index (κ1) is 24.9. The summed E-state index contributed by atoms with van der Waals surface area (Å²) in [5, 5.41) is 7.24. The number of imidazole rings is 1. The van der Waals surface area contributed by atoms with Crippen LogP contribution in [0.2, 0.25) is 5.02 Å². The molecule has 0 spiro atoms. The van der Waals surface area contributed by atoms with Crippen molar-refractivity contribution in [2.45, 2.75) is 25.3 Å². The summed E-state index contributed by atoms with van der Waals surface area (Å²) in [7, 11) is 0. The van der Waals surface area contributed by atoms with E-state index in [4.69, 9.17) is 26.2 Å². The van der Waals surface area contributed by atoms with Crippen LogP contribution in [-0.4, -0.2) is 75.4 Å². The SMILES string of the molecule is O=C(C1CN(Cc2ccc(Cl)c(F)c2)Cc2cncn21)N1CCOCC1.O=C(O)C(F)(F)F. The van der Waals surface area contributed by atoms with Gasteiger partial charge in [-0.25, -0.2) is 14.2 Å². The minimum atomic E-state index is -5.08. The third-order valence-corrected chi connectivity index (χ3v) is 5.45. The summed E-state index contributed by atoms with van der Waals surface area (Å²) in [5.74, 6) is -3.10. The lowest BCUT2D eigenvalue weighted by atomic mass is 10.1. The molecule has 3 heterocycles. The van der Waals surface area contributed by atoms with Crippen molar-refractivity contribution in [3.05, 3.63) is 52.8 Å². The predicted octanol–water partition coefficient (Wildman–Crippen LogP) is 2.72. The minimum Gasteiger partial charge on any atom is -0.475 e. The number of rotatable bonds is 3. The molecule has 0 saturated carbocycles. The van der Waals surface area contributed by atoms with E-state index in [-0.39, 0.29) is 17.0 Å². The first-order valence-electron chi connectivity index (χ1n) is 9.90. The highest BCUT2D eigenvalue weighted by Crippen LogP contribution is 2.25. The Hall–Kier alpha value is -2.70. The molecule has 1 aromatic carbocycles. The Labute approximate surface area is 191 Å². The molecule has 180 valence electrons. The number of aliphatic carboxylic acids is 1. The van der Waals surface area contributed by atoms with Gasteiger partial charge in [-0.2, -0.15) is 13.2 Å². The second-order valence-corrected chi connectivity index (χ2v) is 7.87. The Morgan fingerprint density at radius 3 is 2.52 bits per heavy atom. The van der Waals surface area contributed by atoms with Crippen molar-refractivity contribution in [3.63, 3.8) is 0 Å². The van der Waals surface area contributed by atoms with Gasteiger partial charge in [-0.05, 0) is 17.7 Å². The number of fused-ring (bicyclic) bond motifs is 1. The largest absolute Gasteiger partial charge is 0.490 e. The zero-order valence-corrected chi connectivity index (χ0v) is 18.0. The Balaban J connectivity index is 0.000000383. The molecular formula is C20H21ClF4N4O4. The van der Waals surface area contributed by atoms with Crippen molar-refractivity contribution in [3.8, 4) is 0 Å². The maximum absolute atomic E-state index is 13.7. The first-order chi connectivity index (χ1) is 15.6. The zero-order chi connectivity index (χ0) is 24.2. The number of ether oxygens (including phenoxy) is 1. The Bertz CT molecular complexity index is 995. The monoisotopic (exact) mass is 492 g/mol. The molecule has 1 atom stereocenters. The molecule has 1 amide bonds. The van der Waals surface area contributed by atoms with Crippen LogP contribution >= 0.6 is 11.6 Å². The molecule has 1 N–H and O–H groups in total. The smallest absolute Gasteiger partial charge is 0.475 e. The molecule has 1 saturated heterocycles. The maximum Gasteiger partial charge on any atom is 0.490 e. The molecule has 2 aliphatic heterocycles. The van der Waals surface area contributed by atoms with Crippen LogP contribution in [0.3, 0.4) is 0 Å². The number of carbonyl (C=O) groups is 2. The van der Waals surface area contributed by atoms with Crippen LogP contribution in [0.15, 0.2) is 30.7 Å². The number of carbonyl (C=O) groups excluding carboxylic acids is 1. The third-order valence-electron chi connectivity index (χ3n) is 5.14. The summed E-state index contributed by atoms with van der Waals surface area (Å²) < 4.78 is 52.8. The molecule has 4 rings (SSSR count). The van der Waals surface area contributed by atoms with E-state index < -0.39 is 18.0 Å². The Morgan fingerprint density at radius 1 is 1.24 bits per heavy atom. The van der Waals surface area contributed by atoms with E-state index in [1.807, 2.05) is 15.5 Å². The number of hydrogen-bond donors (Lipinski definition) is 1. The molecule has 1 fully saturated rings. The highest BCUT2D eigenvalue weighted by atomic mass is 35.5. The second-order valence-electron chi connectivity index (χ2n) is 7.47. The van der Waals surface area contributed by atoms with Gasteiger partial charge in [0.05, 0.1) is 30.3 Å². The summed E-state index contributed by atoms with van der Waals surface area (Å²) in [5.41, 5.74) is 1.81. The van der Waals surface area contributed by atoms with Gasteiger partial charge in [-0.3, -0.25) is 9.69 Å². The molecule has 2 aromatic rings. The molecule has 2 aliphatic rings. The molecule has 33 heavy (non-hydrogen) atoms. The maximum atomic E-state index is 13.7. The number of halogens is 5. The highest BCUT2D eigenvalue weighted by molar-refractivity contribution is 6.30. The van der Waals surface area contributed by atoms with Crippen LogP contribution in [0, 0.1) is 5.82 Å². The van der Waals surface area contributed by atoms with E-state index in [9.17, 15) is 22.4 Å². The van der Waals surface area contributed by atoms with Crippen molar-refractivity contribution >= 4 is 23.5 Å². The van der Waals surface area contributed by atoms with Crippen molar-refractivity contribution in [1.82, 2.24) is 19.4 Å². The standard InChI is InChI=1S/C18H20ClFN4O2.C2HF3O2/c19-15-2-1-13(7-16(15)20)9-22-10-14-8-21-12-24(14)17(11-22)18(25)23-3-5-26-6-4-23;3-2(4,5)1(6)7/h1-2,7-8,12,17H,3-6,9-11H2;(H,6,7). The van der Waals surface area contributed by atoms with Crippen LogP contribution in [0.1, 0.15) is 17.3 Å². The number of alkyl halides is 3. The molecule has 13 heteroatoms. The van der Waals surface area contributed by atoms with Gasteiger partial charge < -0.3 is 19.3 Å². The van der Waals surface area contributed by atoms with Gasteiger partial charge in [0, 0.05) is 38.9 Å². The number of aromatic nitrogens is 2. The first-order valence-corrected chi connectivity index (χ1v) is 10.3. The van der Waals surface area contributed by atoms with Crippen LogP contribution in [-0.2, 0) is 27.4 Å². The second kappa shape index (κ2) is 10.5. The lowest BCUT2D eigenvalue weighted by Crippen LogP contribution is -2.49. The summed E-state index contributed by atoms with van der Waals surface area (Å²) in [4.78, 5) is 30.1. The lowest BCUT2D eigenvalue weighted by molar-refractivity contribution is -0.192. The predicted molar refractivity (Wildman–Crippen MR) is 108 cm³/mol. The van der Waals surface area contributed by atoms with Gasteiger partial charge in [-0.1, -0.05) is 17.7 Å². The number of amides is 1. The fourth-order valence-corrected chi connectivity index (χ4v) is 3.69. The number of hydrogen-bond acceptors (Lipinski definition) is 5. The summed E-state index contributed by atoms with van der Waals surface area (Å²) in [6.07, 6.45) is -1.58. The van der Waals surface area contributed by atoms with E-state index in [2.05, 4.69) is 9.88 Å². The normalized spacial score (nSPS) is 18.8. The number of benzene rings is 1. The van der Waals surface area contributed by atoms with Gasteiger partial charge in [0.15, 0.2) is 0 Å². The molecule has 0 bridgehead atoms. The average molecular weight is 493 g/mol. The molecular weight excluding hydrogens is 472 g/mol. The molecule has 0 radical (unpaired) electrons. The summed E-state index contributed by atoms with van der Waals surface area (Å²) in [6.45, 7) is 4.14. The number of nitrogens with zero attached hydrogens (tertiary/aromatic N) is 4. The fourth-order valence-electron chi connectivity index (χ4n) is 3.57. The van der Waals surface area contributed by atoms with Crippen LogP contribution < -0.4 is 0 Å². The third kappa shape index (κ3) is 6.42. The van der Waals surface area contributed by atoms with Crippen molar-refractivity contribution < 1.29 is 37.0 Å². The number of carboxylic acid groups (broad SMARTS) is 1. The quantitative estimate of drug-likeness (QED) is 0.663. The minimum absolute atomic E-state index is 0.0829. The van der Waals surface area contributed by atoms with Gasteiger partial charge in [-0.15, -0.1) is 0 Å². The molecule has 1 unspecified atom stereocenters. The van der Waals surface area contributed by atoms with E-state index in [1.54, 1.807) is 18.6 Å². The van der Waals surface area contributed by atoms with Crippen molar-refractivity contribution in [2.75, 3.05) is 32.8 Å². The Kier molecular flexibility index (Phi) is 7.92. The molecule has 1 aromatic heterocycles. The van der Waals surface area contributed by atoms with Gasteiger partial charge in [0.25, 0.3) is 0 Å². The number of carboxylic acids is 1. The van der Waals surface area contributed by atoms with E-state index in [1.165, 1.54) is 6.07 Å². The molecule has 0 aliphatic carbocycles. The molecule has 8 nitrogen and oxygen atoms in total. The Morgan fingerprint density at radius 2 is 1.91 bits per heavy atom. The van der Waals surface area contributed by atoms with E-state index in [0.29, 0.717) is 45.9 Å². The summed E-state index contributed by atoms with van der Waals surface area (Å²) >= 11 is 5.77. The van der Waals surface area contributed by atoms with Gasteiger partial charge in [0.2, 0.25) is 5.91 Å². The van der Waals surface area contributed by atoms with Crippen LogP contribution in [0.4, 0.5) is 17.6 Å². The van der Waals surface area contributed by atoms with Crippen LogP contribution in [0.5, 0.6) is 0 Å². The zero-order valence-electron chi connectivity index (χ0n) is 17.3. The summed E-state index contributed by atoms with van der Waals surface area (Å²) in [6, 6.07) is 4.51. The van der Waals surface area contributed by atoms with Crippen molar-refractivity contribution in [2.24, 2.45) is 0 Å². The van der Waals surface area contributed by atoms with Crippen molar-refractivity contribution in [1.29, 1.82) is 0 Å². The van der Waals surface area contributed by atoms with E-state index >= 15 is 0 Å². The topological polar surface area (TPSA) is 87.9 Å². The van der Waals surface area contributed by atoms with Crippen LogP contribution in [0.25, 0.3) is 0 Å².